The Balaban J connectivity index is 1.28. The van der Waals surface area contributed by atoms with Gasteiger partial charge in [0.2, 0.25) is 11.8 Å². The lowest BCUT2D eigenvalue weighted by molar-refractivity contribution is -0.136. The van der Waals surface area contributed by atoms with Crippen LogP contribution < -0.4 is 4.90 Å². The molecule has 0 aromatic heterocycles. The van der Waals surface area contributed by atoms with Gasteiger partial charge in [0, 0.05) is 38.2 Å². The minimum atomic E-state index is -0.0492. The van der Waals surface area contributed by atoms with Crippen molar-refractivity contribution in [1.29, 1.82) is 0 Å². The van der Waals surface area contributed by atoms with Gasteiger partial charge in [0.05, 0.1) is 6.04 Å². The second kappa shape index (κ2) is 8.60. The van der Waals surface area contributed by atoms with Gasteiger partial charge in [-0.1, -0.05) is 36.4 Å². The van der Waals surface area contributed by atoms with Gasteiger partial charge in [0.1, 0.15) is 0 Å². The first kappa shape index (κ1) is 20.9. The van der Waals surface area contributed by atoms with E-state index in [0.717, 1.165) is 43.7 Å². The zero-order valence-corrected chi connectivity index (χ0v) is 19.3. The lowest BCUT2D eigenvalue weighted by Crippen LogP contribution is -2.49. The maximum Gasteiger partial charge on any atom is 0.227 e. The number of piperidine rings is 3. The first-order valence-electron chi connectivity index (χ1n) is 12.7. The molecule has 5 heteroatoms. The van der Waals surface area contributed by atoms with Crippen molar-refractivity contribution in [2.24, 2.45) is 11.8 Å². The number of amides is 2. The smallest absolute Gasteiger partial charge is 0.227 e. The maximum absolute atomic E-state index is 13.7. The van der Waals surface area contributed by atoms with Gasteiger partial charge in [-0.2, -0.15) is 0 Å². The third-order valence-corrected chi connectivity index (χ3v) is 8.43. The number of hydrogen-bond donors (Lipinski definition) is 0. The number of hydrogen-bond acceptors (Lipinski definition) is 3. The van der Waals surface area contributed by atoms with Crippen LogP contribution in [0.25, 0.3) is 0 Å². The Labute approximate surface area is 196 Å². The first-order valence-corrected chi connectivity index (χ1v) is 12.7. The van der Waals surface area contributed by atoms with Crippen LogP contribution in [0.3, 0.4) is 0 Å². The van der Waals surface area contributed by atoms with Crippen LogP contribution in [0.1, 0.15) is 54.8 Å². The SMILES string of the molecule is O=C1CCCN1c1ccc([C@H]2c3ccccc3CCN2C(=O)C[C@@H]2CN3CCC2CC3)cc1. The van der Waals surface area contributed by atoms with E-state index in [1.807, 2.05) is 4.90 Å². The molecule has 0 saturated carbocycles. The minimum absolute atomic E-state index is 0.0492. The topological polar surface area (TPSA) is 43.9 Å². The first-order chi connectivity index (χ1) is 16.2. The molecule has 4 saturated heterocycles. The Morgan fingerprint density at radius 3 is 2.39 bits per heavy atom. The summed E-state index contributed by atoms with van der Waals surface area (Å²) in [6.45, 7) is 5.08. The summed E-state index contributed by atoms with van der Waals surface area (Å²) in [5, 5.41) is 0. The molecule has 2 amide bonds. The zero-order chi connectivity index (χ0) is 22.4. The number of benzene rings is 2. The van der Waals surface area contributed by atoms with E-state index in [0.29, 0.717) is 30.6 Å². The number of nitrogens with zero attached hydrogens (tertiary/aromatic N) is 3. The van der Waals surface area contributed by atoms with Crippen molar-refractivity contribution in [3.63, 3.8) is 0 Å². The Morgan fingerprint density at radius 1 is 0.909 bits per heavy atom. The fourth-order valence-electron chi connectivity index (χ4n) is 6.61. The van der Waals surface area contributed by atoms with Crippen LogP contribution in [0.5, 0.6) is 0 Å². The highest BCUT2D eigenvalue weighted by Crippen LogP contribution is 2.39. The molecule has 0 unspecified atom stereocenters. The summed E-state index contributed by atoms with van der Waals surface area (Å²) in [7, 11) is 0. The molecule has 5 aliphatic rings. The molecule has 0 aliphatic carbocycles. The average molecular weight is 444 g/mol. The number of carbonyl (C=O) groups is 2. The third kappa shape index (κ3) is 3.86. The molecule has 2 aromatic rings. The van der Waals surface area contributed by atoms with Crippen molar-refractivity contribution in [2.45, 2.75) is 44.6 Å². The van der Waals surface area contributed by atoms with E-state index in [2.05, 4.69) is 58.3 Å². The second-order valence-electron chi connectivity index (χ2n) is 10.3. The van der Waals surface area contributed by atoms with Gasteiger partial charge in [0.15, 0.2) is 0 Å². The van der Waals surface area contributed by atoms with E-state index in [1.165, 1.54) is 37.1 Å². The molecule has 5 nitrogen and oxygen atoms in total. The van der Waals surface area contributed by atoms with Crippen molar-refractivity contribution >= 4 is 17.5 Å². The highest BCUT2D eigenvalue weighted by Gasteiger charge is 2.38. The van der Waals surface area contributed by atoms with E-state index in [1.54, 1.807) is 0 Å². The minimum Gasteiger partial charge on any atom is -0.331 e. The lowest BCUT2D eigenvalue weighted by atomic mass is 9.77. The summed E-state index contributed by atoms with van der Waals surface area (Å²) in [4.78, 5) is 32.4. The van der Waals surface area contributed by atoms with Crippen LogP contribution in [0.4, 0.5) is 5.69 Å². The van der Waals surface area contributed by atoms with Gasteiger partial charge in [-0.25, -0.2) is 0 Å². The Bertz CT molecular complexity index is 1040. The molecule has 0 radical (unpaired) electrons. The highest BCUT2D eigenvalue weighted by atomic mass is 16.2. The van der Waals surface area contributed by atoms with E-state index in [9.17, 15) is 9.59 Å². The number of anilines is 1. The predicted molar refractivity (Wildman–Crippen MR) is 129 cm³/mol. The van der Waals surface area contributed by atoms with Gasteiger partial charge in [-0.15, -0.1) is 0 Å². The maximum atomic E-state index is 13.7. The Kier molecular flexibility index (Phi) is 5.45. The summed E-state index contributed by atoms with van der Waals surface area (Å²) in [5.74, 6) is 1.72. The summed E-state index contributed by atoms with van der Waals surface area (Å²) < 4.78 is 0. The van der Waals surface area contributed by atoms with Crippen LogP contribution in [-0.2, 0) is 16.0 Å². The second-order valence-corrected chi connectivity index (χ2v) is 10.3. The van der Waals surface area contributed by atoms with Crippen molar-refractivity contribution in [2.75, 3.05) is 37.6 Å². The normalized spacial score (nSPS) is 28.8. The van der Waals surface area contributed by atoms with Crippen LogP contribution in [0.2, 0.25) is 0 Å². The van der Waals surface area contributed by atoms with Gasteiger partial charge in [0.25, 0.3) is 0 Å². The largest absolute Gasteiger partial charge is 0.331 e. The molecule has 4 fully saturated rings. The lowest BCUT2D eigenvalue weighted by Gasteiger charge is -2.46. The highest BCUT2D eigenvalue weighted by molar-refractivity contribution is 5.95. The number of carbonyl (C=O) groups excluding carboxylic acids is 2. The van der Waals surface area contributed by atoms with E-state index < -0.39 is 0 Å². The predicted octanol–water partition coefficient (Wildman–Crippen LogP) is 4.02. The van der Waals surface area contributed by atoms with Gasteiger partial charge < -0.3 is 14.7 Å². The summed E-state index contributed by atoms with van der Waals surface area (Å²) >= 11 is 0. The fraction of sp³-hybridized carbons (Fsp3) is 0.500. The molecular weight excluding hydrogens is 410 g/mol. The van der Waals surface area contributed by atoms with Crippen molar-refractivity contribution in [3.8, 4) is 0 Å². The molecular formula is C28H33N3O2. The van der Waals surface area contributed by atoms with Gasteiger partial charge in [-0.3, -0.25) is 9.59 Å². The van der Waals surface area contributed by atoms with E-state index in [4.69, 9.17) is 0 Å². The van der Waals surface area contributed by atoms with Crippen LogP contribution in [-0.4, -0.2) is 54.3 Å². The molecule has 0 N–H and O–H groups in total. The zero-order valence-electron chi connectivity index (χ0n) is 19.3. The standard InChI is InChI=1S/C28H33N3O2/c32-26-6-3-14-30(26)24-9-7-22(8-10-24)28-25-5-2-1-4-21(25)13-17-31(28)27(33)18-23-19-29-15-11-20(23)12-16-29/h1-2,4-5,7-10,20,23,28H,3,6,11-19H2/t23-,28+/m1/s1. The number of rotatable bonds is 4. The van der Waals surface area contributed by atoms with Crippen LogP contribution >= 0.6 is 0 Å². The van der Waals surface area contributed by atoms with Gasteiger partial charge in [-0.05, 0) is 79.4 Å². The van der Waals surface area contributed by atoms with Crippen LogP contribution in [0, 0.1) is 11.8 Å². The molecule has 0 spiro atoms. The average Bonchev–Trinajstić information content (AvgIpc) is 3.30. The third-order valence-electron chi connectivity index (χ3n) is 8.43. The molecule has 7 rings (SSSR count). The van der Waals surface area contributed by atoms with Gasteiger partial charge >= 0.3 is 0 Å². The molecule has 5 heterocycles. The quantitative estimate of drug-likeness (QED) is 0.717. The molecule has 33 heavy (non-hydrogen) atoms. The molecule has 2 atom stereocenters. The van der Waals surface area contributed by atoms with Crippen molar-refractivity contribution in [3.05, 3.63) is 65.2 Å². The molecule has 2 bridgehead atoms. The molecule has 5 aliphatic heterocycles. The summed E-state index contributed by atoms with van der Waals surface area (Å²) in [6.07, 6.45) is 5.65. The van der Waals surface area contributed by atoms with Crippen molar-refractivity contribution in [1.82, 2.24) is 9.80 Å². The van der Waals surface area contributed by atoms with Crippen molar-refractivity contribution < 1.29 is 9.59 Å². The summed E-state index contributed by atoms with van der Waals surface area (Å²) in [6, 6.07) is 16.9. The van der Waals surface area contributed by atoms with E-state index >= 15 is 0 Å². The van der Waals surface area contributed by atoms with Crippen LogP contribution in [0.15, 0.2) is 48.5 Å². The monoisotopic (exact) mass is 443 g/mol. The molecule has 2 aromatic carbocycles. The summed E-state index contributed by atoms with van der Waals surface area (Å²) in [5.41, 5.74) is 4.69. The Hall–Kier alpha value is -2.66. The molecule has 172 valence electrons. The van der Waals surface area contributed by atoms with E-state index in [-0.39, 0.29) is 11.9 Å². The number of fused-ring (bicyclic) bond motifs is 4. The fourth-order valence-corrected chi connectivity index (χ4v) is 6.61. The Morgan fingerprint density at radius 2 is 1.70 bits per heavy atom.